The van der Waals surface area contributed by atoms with Crippen molar-refractivity contribution in [3.05, 3.63) is 21.9 Å². The molecule has 1 N–H and O–H groups in total. The molecular formula is C13H21NOS. The van der Waals surface area contributed by atoms with Crippen molar-refractivity contribution in [2.45, 2.75) is 32.2 Å². The van der Waals surface area contributed by atoms with Gasteiger partial charge in [0.05, 0.1) is 0 Å². The lowest BCUT2D eigenvalue weighted by atomic mass is 9.94. The van der Waals surface area contributed by atoms with Crippen molar-refractivity contribution in [3.8, 4) is 0 Å². The lowest BCUT2D eigenvalue weighted by Gasteiger charge is -2.25. The molecule has 0 aliphatic heterocycles. The Kier molecular flexibility index (Phi) is 4.38. The highest BCUT2D eigenvalue weighted by molar-refractivity contribution is 7.10. The summed E-state index contributed by atoms with van der Waals surface area (Å²) in [6.45, 7) is 4.12. The van der Waals surface area contributed by atoms with E-state index in [0.29, 0.717) is 12.0 Å². The molecule has 90 valence electrons. The zero-order valence-electron chi connectivity index (χ0n) is 10.2. The lowest BCUT2D eigenvalue weighted by Crippen LogP contribution is -2.29. The fourth-order valence-corrected chi connectivity index (χ4v) is 3.37. The van der Waals surface area contributed by atoms with Crippen molar-refractivity contribution in [2.75, 3.05) is 20.3 Å². The fraction of sp³-hybridized carbons (Fsp3) is 0.692. The first-order valence-corrected chi connectivity index (χ1v) is 6.97. The minimum absolute atomic E-state index is 0.578. The van der Waals surface area contributed by atoms with Crippen molar-refractivity contribution >= 4 is 11.3 Å². The maximum absolute atomic E-state index is 5.16. The second-order valence-electron chi connectivity index (χ2n) is 4.71. The molecule has 1 aliphatic carbocycles. The van der Waals surface area contributed by atoms with Gasteiger partial charge in [-0.1, -0.05) is 6.92 Å². The minimum atomic E-state index is 0.578. The number of rotatable bonds is 5. The minimum Gasteiger partial charge on any atom is -0.384 e. The summed E-state index contributed by atoms with van der Waals surface area (Å²) in [6, 6.07) is 2.87. The summed E-state index contributed by atoms with van der Waals surface area (Å²) >= 11 is 1.91. The van der Waals surface area contributed by atoms with E-state index in [9.17, 15) is 0 Å². The Hall–Kier alpha value is -0.380. The number of methoxy groups -OCH3 is 1. The van der Waals surface area contributed by atoms with Crippen LogP contribution in [-0.2, 0) is 11.2 Å². The third-order valence-corrected chi connectivity index (χ3v) is 4.21. The van der Waals surface area contributed by atoms with Crippen LogP contribution < -0.4 is 5.32 Å². The van der Waals surface area contributed by atoms with Gasteiger partial charge in [-0.25, -0.2) is 0 Å². The molecule has 0 aromatic carbocycles. The first kappa shape index (κ1) is 12.1. The van der Waals surface area contributed by atoms with E-state index >= 15 is 0 Å². The van der Waals surface area contributed by atoms with Gasteiger partial charge < -0.3 is 10.1 Å². The molecule has 0 bridgehead atoms. The number of thiophene rings is 1. The van der Waals surface area contributed by atoms with Gasteiger partial charge in [0, 0.05) is 31.2 Å². The smallest absolute Gasteiger partial charge is 0.0499 e. The van der Waals surface area contributed by atoms with Crippen molar-refractivity contribution in [2.24, 2.45) is 5.92 Å². The van der Waals surface area contributed by atoms with Crippen LogP contribution in [0.5, 0.6) is 0 Å². The van der Waals surface area contributed by atoms with Crippen LogP contribution in [0.15, 0.2) is 11.4 Å². The molecule has 0 amide bonds. The highest BCUT2D eigenvalue weighted by Gasteiger charge is 2.20. The topological polar surface area (TPSA) is 21.3 Å². The van der Waals surface area contributed by atoms with E-state index in [4.69, 9.17) is 4.74 Å². The highest BCUT2D eigenvalue weighted by atomic mass is 32.1. The van der Waals surface area contributed by atoms with Crippen LogP contribution in [-0.4, -0.2) is 20.3 Å². The molecule has 3 heteroatoms. The largest absolute Gasteiger partial charge is 0.384 e. The van der Waals surface area contributed by atoms with E-state index in [1.54, 1.807) is 17.6 Å². The Labute approximate surface area is 102 Å². The highest BCUT2D eigenvalue weighted by Crippen LogP contribution is 2.33. The van der Waals surface area contributed by atoms with Gasteiger partial charge in [-0.15, -0.1) is 11.3 Å². The van der Waals surface area contributed by atoms with E-state index in [-0.39, 0.29) is 0 Å². The zero-order chi connectivity index (χ0) is 11.4. The molecule has 1 heterocycles. The lowest BCUT2D eigenvalue weighted by molar-refractivity contribution is 0.156. The summed E-state index contributed by atoms with van der Waals surface area (Å²) in [5.41, 5.74) is 1.54. The summed E-state index contributed by atoms with van der Waals surface area (Å²) in [5.74, 6) is 0.592. The number of aryl methyl sites for hydroxylation is 1. The van der Waals surface area contributed by atoms with Gasteiger partial charge in [-0.2, -0.15) is 0 Å². The van der Waals surface area contributed by atoms with Crippen LogP contribution >= 0.6 is 11.3 Å². The molecule has 2 atom stereocenters. The molecule has 1 aromatic rings. The normalized spacial score (nSPS) is 21.8. The summed E-state index contributed by atoms with van der Waals surface area (Å²) < 4.78 is 5.16. The van der Waals surface area contributed by atoms with Crippen LogP contribution in [0.25, 0.3) is 0 Å². The van der Waals surface area contributed by atoms with Gasteiger partial charge in [0.2, 0.25) is 0 Å². The van der Waals surface area contributed by atoms with E-state index < -0.39 is 0 Å². The number of nitrogens with one attached hydrogen (secondary N) is 1. The summed E-state index contributed by atoms with van der Waals surface area (Å²) in [6.07, 6.45) is 3.88. The van der Waals surface area contributed by atoms with Crippen LogP contribution in [0.3, 0.4) is 0 Å². The van der Waals surface area contributed by atoms with Gasteiger partial charge >= 0.3 is 0 Å². The zero-order valence-corrected chi connectivity index (χ0v) is 11.0. The number of fused-ring (bicyclic) bond motifs is 1. The van der Waals surface area contributed by atoms with Crippen LogP contribution in [0.1, 0.15) is 36.2 Å². The second-order valence-corrected chi connectivity index (χ2v) is 5.71. The summed E-state index contributed by atoms with van der Waals surface area (Å²) in [5, 5.41) is 5.90. The van der Waals surface area contributed by atoms with Crippen LogP contribution in [0.4, 0.5) is 0 Å². The van der Waals surface area contributed by atoms with Gasteiger partial charge in [0.15, 0.2) is 0 Å². The van der Waals surface area contributed by atoms with E-state index in [0.717, 1.165) is 13.2 Å². The van der Waals surface area contributed by atoms with E-state index in [1.165, 1.54) is 19.3 Å². The maximum atomic E-state index is 5.16. The predicted molar refractivity (Wildman–Crippen MR) is 69.0 cm³/mol. The first-order chi connectivity index (χ1) is 7.81. The van der Waals surface area contributed by atoms with Crippen molar-refractivity contribution in [1.82, 2.24) is 5.32 Å². The third-order valence-electron chi connectivity index (χ3n) is 3.22. The molecule has 0 radical (unpaired) electrons. The van der Waals surface area contributed by atoms with Crippen molar-refractivity contribution in [1.29, 1.82) is 0 Å². The molecule has 0 fully saturated rings. The Morgan fingerprint density at radius 2 is 2.50 bits per heavy atom. The molecule has 1 aromatic heterocycles. The molecule has 1 aliphatic rings. The van der Waals surface area contributed by atoms with E-state index in [1.807, 2.05) is 11.3 Å². The first-order valence-electron chi connectivity index (χ1n) is 6.10. The Morgan fingerprint density at radius 1 is 1.62 bits per heavy atom. The molecule has 2 unspecified atom stereocenters. The van der Waals surface area contributed by atoms with Gasteiger partial charge in [-0.05, 0) is 42.2 Å². The number of hydrogen-bond donors (Lipinski definition) is 1. The van der Waals surface area contributed by atoms with E-state index in [2.05, 4.69) is 23.7 Å². The predicted octanol–water partition coefficient (Wildman–Crippen LogP) is 3.00. The Morgan fingerprint density at radius 3 is 3.31 bits per heavy atom. The maximum Gasteiger partial charge on any atom is 0.0499 e. The van der Waals surface area contributed by atoms with Gasteiger partial charge in [0.25, 0.3) is 0 Å². The molecule has 16 heavy (non-hydrogen) atoms. The third kappa shape index (κ3) is 2.84. The molecule has 2 nitrogen and oxygen atoms in total. The SMILES string of the molecule is COCC(C)CNC1CCCc2sccc21. The second kappa shape index (κ2) is 5.80. The van der Waals surface area contributed by atoms with Crippen LogP contribution in [0, 0.1) is 5.92 Å². The molecule has 2 rings (SSSR count). The molecular weight excluding hydrogens is 218 g/mol. The van der Waals surface area contributed by atoms with Crippen molar-refractivity contribution in [3.63, 3.8) is 0 Å². The van der Waals surface area contributed by atoms with Gasteiger partial charge in [0.1, 0.15) is 0 Å². The Balaban J connectivity index is 1.88. The fourth-order valence-electron chi connectivity index (χ4n) is 2.39. The summed E-state index contributed by atoms with van der Waals surface area (Å²) in [4.78, 5) is 1.59. The molecule has 0 saturated carbocycles. The number of hydrogen-bond acceptors (Lipinski definition) is 3. The van der Waals surface area contributed by atoms with Crippen LogP contribution in [0.2, 0.25) is 0 Å². The van der Waals surface area contributed by atoms with Crippen molar-refractivity contribution < 1.29 is 4.74 Å². The molecule has 0 spiro atoms. The monoisotopic (exact) mass is 239 g/mol. The standard InChI is InChI=1S/C13H21NOS/c1-10(9-15-2)8-14-12-4-3-5-13-11(12)6-7-16-13/h6-7,10,12,14H,3-5,8-9H2,1-2H3. The quantitative estimate of drug-likeness (QED) is 0.853. The Bertz CT molecular complexity index is 323. The average Bonchev–Trinajstić information content (AvgIpc) is 2.75. The average molecular weight is 239 g/mol. The summed E-state index contributed by atoms with van der Waals surface area (Å²) in [7, 11) is 1.77. The molecule has 0 saturated heterocycles. The number of ether oxygens (including phenoxy) is 1. The van der Waals surface area contributed by atoms with Gasteiger partial charge in [-0.3, -0.25) is 0 Å².